The number of thiazole rings is 1. The van der Waals surface area contributed by atoms with Crippen molar-refractivity contribution in [1.29, 1.82) is 5.26 Å². The van der Waals surface area contributed by atoms with Crippen LogP contribution in [0, 0.1) is 30.1 Å². The van der Waals surface area contributed by atoms with Crippen LogP contribution >= 0.6 is 11.3 Å². The first kappa shape index (κ1) is 17.2. The van der Waals surface area contributed by atoms with E-state index < -0.39 is 5.92 Å². The van der Waals surface area contributed by atoms with Gasteiger partial charge in [0.15, 0.2) is 0 Å². The standard InChI is InChI=1S/C15H20N4O3S/c1-8-4-5-19(14(21)9(2)6-16)7-11(8)17-13(20)12-10(3)23-15(22)18-12/h8-9,11H,4-5,7H2,1-3H3,(H,17,20)(H,18,22). The summed E-state index contributed by atoms with van der Waals surface area (Å²) in [6, 6.07) is 1.75. The summed E-state index contributed by atoms with van der Waals surface area (Å²) in [5.74, 6) is -1.01. The molecule has 0 aromatic carbocycles. The van der Waals surface area contributed by atoms with Gasteiger partial charge in [-0.05, 0) is 26.2 Å². The fourth-order valence-corrected chi connectivity index (χ4v) is 3.33. The van der Waals surface area contributed by atoms with Gasteiger partial charge in [0.25, 0.3) is 5.91 Å². The Bertz CT molecular complexity index is 702. The molecule has 1 aliphatic rings. The zero-order chi connectivity index (χ0) is 17.1. The third-order valence-corrected chi connectivity index (χ3v) is 5.00. The highest BCUT2D eigenvalue weighted by molar-refractivity contribution is 7.09. The number of nitrogens with one attached hydrogen (secondary N) is 2. The van der Waals surface area contributed by atoms with Crippen LogP contribution in [0.5, 0.6) is 0 Å². The van der Waals surface area contributed by atoms with E-state index in [1.807, 2.05) is 13.0 Å². The van der Waals surface area contributed by atoms with Gasteiger partial charge in [-0.3, -0.25) is 14.4 Å². The highest BCUT2D eigenvalue weighted by Gasteiger charge is 2.32. The number of aryl methyl sites for hydroxylation is 1. The zero-order valence-electron chi connectivity index (χ0n) is 13.4. The summed E-state index contributed by atoms with van der Waals surface area (Å²) in [6.07, 6.45) is 0.758. The number of hydrogen-bond acceptors (Lipinski definition) is 5. The van der Waals surface area contributed by atoms with Gasteiger partial charge < -0.3 is 15.2 Å². The number of carbonyl (C=O) groups excluding carboxylic acids is 2. The molecule has 1 fully saturated rings. The van der Waals surface area contributed by atoms with Gasteiger partial charge in [0.2, 0.25) is 5.91 Å². The summed E-state index contributed by atoms with van der Waals surface area (Å²) in [4.78, 5) is 40.3. The van der Waals surface area contributed by atoms with E-state index in [1.54, 1.807) is 18.7 Å². The van der Waals surface area contributed by atoms with Gasteiger partial charge in [-0.25, -0.2) is 0 Å². The Morgan fingerprint density at radius 2 is 2.22 bits per heavy atom. The number of nitriles is 1. The minimum atomic E-state index is -0.685. The summed E-state index contributed by atoms with van der Waals surface area (Å²) in [6.45, 7) is 6.28. The number of carbonyl (C=O) groups is 2. The van der Waals surface area contributed by atoms with Crippen molar-refractivity contribution in [1.82, 2.24) is 15.2 Å². The Morgan fingerprint density at radius 3 is 2.78 bits per heavy atom. The van der Waals surface area contributed by atoms with Crippen LogP contribution < -0.4 is 10.2 Å². The van der Waals surface area contributed by atoms with Crippen molar-refractivity contribution in [3.05, 3.63) is 20.2 Å². The summed E-state index contributed by atoms with van der Waals surface area (Å²) in [5, 5.41) is 11.8. The summed E-state index contributed by atoms with van der Waals surface area (Å²) in [5.41, 5.74) is 0.279. The molecule has 0 radical (unpaired) electrons. The van der Waals surface area contributed by atoms with Crippen molar-refractivity contribution >= 4 is 23.2 Å². The number of hydrogen-bond donors (Lipinski definition) is 2. The molecule has 3 unspecified atom stereocenters. The molecule has 8 heteroatoms. The molecule has 0 bridgehead atoms. The topological polar surface area (TPSA) is 106 Å². The predicted octanol–water partition coefficient (Wildman–Crippen LogP) is 0.871. The monoisotopic (exact) mass is 336 g/mol. The van der Waals surface area contributed by atoms with E-state index in [4.69, 9.17) is 5.26 Å². The highest BCUT2D eigenvalue weighted by atomic mass is 32.1. The van der Waals surface area contributed by atoms with Gasteiger partial charge in [0, 0.05) is 24.0 Å². The lowest BCUT2D eigenvalue weighted by atomic mass is 9.92. The number of piperidine rings is 1. The lowest BCUT2D eigenvalue weighted by molar-refractivity contribution is -0.135. The molecule has 0 saturated carbocycles. The molecule has 1 saturated heterocycles. The zero-order valence-corrected chi connectivity index (χ0v) is 14.2. The fourth-order valence-electron chi connectivity index (χ4n) is 2.65. The summed E-state index contributed by atoms with van der Waals surface area (Å²) < 4.78 is 0. The van der Waals surface area contributed by atoms with Crippen LogP contribution in [0.1, 0.15) is 35.6 Å². The van der Waals surface area contributed by atoms with Gasteiger partial charge in [-0.2, -0.15) is 5.26 Å². The first-order chi connectivity index (χ1) is 10.8. The predicted molar refractivity (Wildman–Crippen MR) is 86.1 cm³/mol. The Balaban J connectivity index is 2.07. The van der Waals surface area contributed by atoms with Crippen molar-refractivity contribution in [2.45, 2.75) is 33.2 Å². The average molecular weight is 336 g/mol. The Labute approximate surface area is 138 Å². The van der Waals surface area contributed by atoms with Crippen molar-refractivity contribution in [3.63, 3.8) is 0 Å². The van der Waals surface area contributed by atoms with Gasteiger partial charge in [0.05, 0.1) is 6.07 Å². The van der Waals surface area contributed by atoms with E-state index in [1.165, 1.54) is 0 Å². The number of rotatable bonds is 3. The van der Waals surface area contributed by atoms with Crippen LogP contribution in [-0.4, -0.2) is 40.8 Å². The Morgan fingerprint density at radius 1 is 1.52 bits per heavy atom. The van der Waals surface area contributed by atoms with Crippen LogP contribution in [0.15, 0.2) is 4.79 Å². The first-order valence-corrected chi connectivity index (χ1v) is 8.34. The molecule has 2 amide bonds. The van der Waals surface area contributed by atoms with Gasteiger partial charge in [0.1, 0.15) is 11.6 Å². The van der Waals surface area contributed by atoms with E-state index in [0.717, 1.165) is 17.8 Å². The van der Waals surface area contributed by atoms with Crippen molar-refractivity contribution in [2.75, 3.05) is 13.1 Å². The van der Waals surface area contributed by atoms with Gasteiger partial charge in [-0.1, -0.05) is 18.3 Å². The average Bonchev–Trinajstić information content (AvgIpc) is 2.86. The second-order valence-corrected chi connectivity index (χ2v) is 7.11. The van der Waals surface area contributed by atoms with E-state index in [9.17, 15) is 14.4 Å². The molecule has 1 aliphatic heterocycles. The van der Waals surface area contributed by atoms with Crippen LogP contribution in [0.3, 0.4) is 0 Å². The van der Waals surface area contributed by atoms with Gasteiger partial charge >= 0.3 is 4.87 Å². The molecule has 1 aromatic rings. The Kier molecular flexibility index (Phi) is 5.21. The molecule has 2 heterocycles. The SMILES string of the molecule is Cc1sc(=O)[nH]c1C(=O)NC1CN(C(=O)C(C)C#N)CCC1C. The minimum Gasteiger partial charge on any atom is -0.346 e. The molecule has 0 aliphatic carbocycles. The van der Waals surface area contributed by atoms with Crippen molar-refractivity contribution in [3.8, 4) is 6.07 Å². The molecule has 1 aromatic heterocycles. The van der Waals surface area contributed by atoms with Crippen LogP contribution in [-0.2, 0) is 4.79 Å². The minimum absolute atomic E-state index is 0.200. The molecular formula is C15H20N4O3S. The molecule has 7 nitrogen and oxygen atoms in total. The second-order valence-electron chi connectivity index (χ2n) is 5.93. The molecular weight excluding hydrogens is 316 g/mol. The van der Waals surface area contributed by atoms with Gasteiger partial charge in [-0.15, -0.1) is 0 Å². The molecule has 2 N–H and O–H groups in total. The van der Waals surface area contributed by atoms with Crippen LogP contribution in [0.25, 0.3) is 0 Å². The molecule has 0 spiro atoms. The first-order valence-electron chi connectivity index (χ1n) is 7.52. The second kappa shape index (κ2) is 6.96. The van der Waals surface area contributed by atoms with Crippen LogP contribution in [0.2, 0.25) is 0 Å². The number of aromatic amines is 1. The van der Waals surface area contributed by atoms with Crippen molar-refractivity contribution < 1.29 is 9.59 Å². The van der Waals surface area contributed by atoms with E-state index in [0.29, 0.717) is 18.0 Å². The lowest BCUT2D eigenvalue weighted by Crippen LogP contribution is -2.54. The molecule has 3 atom stereocenters. The lowest BCUT2D eigenvalue weighted by Gasteiger charge is -2.37. The van der Waals surface area contributed by atoms with Crippen LogP contribution in [0.4, 0.5) is 0 Å². The normalized spacial score (nSPS) is 22.3. The summed E-state index contributed by atoms with van der Waals surface area (Å²) in [7, 11) is 0. The maximum absolute atomic E-state index is 12.3. The Hall–Kier alpha value is -2.14. The van der Waals surface area contributed by atoms with E-state index in [2.05, 4.69) is 10.3 Å². The molecule has 124 valence electrons. The molecule has 2 rings (SSSR count). The third kappa shape index (κ3) is 3.79. The quantitative estimate of drug-likeness (QED) is 0.854. The summed E-state index contributed by atoms with van der Waals surface area (Å²) >= 11 is 1.00. The number of nitrogens with zero attached hydrogens (tertiary/aromatic N) is 2. The molecule has 23 heavy (non-hydrogen) atoms. The van der Waals surface area contributed by atoms with E-state index in [-0.39, 0.29) is 34.3 Å². The fraction of sp³-hybridized carbons (Fsp3) is 0.600. The highest BCUT2D eigenvalue weighted by Crippen LogP contribution is 2.19. The van der Waals surface area contributed by atoms with Crippen molar-refractivity contribution in [2.24, 2.45) is 11.8 Å². The number of amides is 2. The third-order valence-electron chi connectivity index (χ3n) is 4.20. The van der Waals surface area contributed by atoms with E-state index >= 15 is 0 Å². The largest absolute Gasteiger partial charge is 0.346 e. The maximum atomic E-state index is 12.3. The number of aromatic nitrogens is 1. The maximum Gasteiger partial charge on any atom is 0.305 e. The smallest absolute Gasteiger partial charge is 0.305 e. The number of H-pyrrole nitrogens is 1. The number of likely N-dealkylation sites (tertiary alicyclic amines) is 1.